The summed E-state index contributed by atoms with van der Waals surface area (Å²) in [5.41, 5.74) is 1.78. The normalized spacial score (nSPS) is 11.8. The van der Waals surface area contributed by atoms with Crippen LogP contribution in [0, 0.1) is 0 Å². The van der Waals surface area contributed by atoms with Crippen LogP contribution in [0.2, 0.25) is 0 Å². The van der Waals surface area contributed by atoms with Crippen molar-refractivity contribution in [1.82, 2.24) is 9.62 Å². The summed E-state index contributed by atoms with van der Waals surface area (Å²) >= 11 is 0. The van der Waals surface area contributed by atoms with Crippen LogP contribution >= 0.6 is 0 Å². The third-order valence-electron chi connectivity index (χ3n) is 3.10. The van der Waals surface area contributed by atoms with Crippen LogP contribution in [-0.2, 0) is 16.6 Å². The van der Waals surface area contributed by atoms with Crippen LogP contribution in [0.1, 0.15) is 25.8 Å². The van der Waals surface area contributed by atoms with E-state index in [1.54, 1.807) is 19.2 Å². The molecular weight excluding hydrogens is 274 g/mol. The van der Waals surface area contributed by atoms with Gasteiger partial charge in [0.2, 0.25) is 0 Å². The molecule has 0 bridgehead atoms. The minimum absolute atomic E-state index is 0.495. The Labute approximate surface area is 122 Å². The largest absolute Gasteiger partial charge is 0.317 e. The van der Waals surface area contributed by atoms with Gasteiger partial charge in [-0.05, 0) is 43.6 Å². The van der Waals surface area contributed by atoms with Crippen molar-refractivity contribution in [3.63, 3.8) is 0 Å². The summed E-state index contributed by atoms with van der Waals surface area (Å²) in [4.78, 5) is 0. The van der Waals surface area contributed by atoms with Gasteiger partial charge in [-0.25, -0.2) is 0 Å². The van der Waals surface area contributed by atoms with E-state index in [1.165, 1.54) is 9.87 Å². The number of hydrogen-bond donors (Lipinski definition) is 2. The Morgan fingerprint density at radius 1 is 1.15 bits per heavy atom. The minimum atomic E-state index is -3.46. The maximum atomic E-state index is 12.1. The highest BCUT2D eigenvalue weighted by Gasteiger charge is 2.16. The first-order chi connectivity index (χ1) is 9.49. The van der Waals surface area contributed by atoms with E-state index in [0.29, 0.717) is 12.2 Å². The summed E-state index contributed by atoms with van der Waals surface area (Å²) < 4.78 is 28.2. The first-order valence-electron chi connectivity index (χ1n) is 7.03. The molecule has 0 radical (unpaired) electrons. The first-order valence-corrected chi connectivity index (χ1v) is 8.47. The molecule has 0 heterocycles. The van der Waals surface area contributed by atoms with Crippen molar-refractivity contribution < 1.29 is 8.42 Å². The van der Waals surface area contributed by atoms with Gasteiger partial charge in [-0.1, -0.05) is 26.0 Å². The second-order valence-electron chi connectivity index (χ2n) is 4.69. The van der Waals surface area contributed by atoms with Crippen LogP contribution in [0.15, 0.2) is 24.3 Å². The molecule has 0 aliphatic rings. The molecule has 0 spiro atoms. The van der Waals surface area contributed by atoms with Gasteiger partial charge in [0, 0.05) is 19.3 Å². The summed E-state index contributed by atoms with van der Waals surface area (Å²) in [6, 6.07) is 7.46. The van der Waals surface area contributed by atoms with Gasteiger partial charge in [-0.3, -0.25) is 4.72 Å². The number of rotatable bonds is 9. The molecule has 0 fully saturated rings. The van der Waals surface area contributed by atoms with E-state index in [4.69, 9.17) is 0 Å². The molecule has 6 heteroatoms. The lowest BCUT2D eigenvalue weighted by Gasteiger charge is -2.18. The van der Waals surface area contributed by atoms with E-state index in [-0.39, 0.29) is 0 Å². The third-order valence-corrected chi connectivity index (χ3v) is 4.59. The standard InChI is InChI=1S/C14H25N3O2S/c1-4-13-7-9-14(10-8-13)16-20(18,19)17(3)12-6-11-15-5-2/h7-10,15-16H,4-6,11-12H2,1-3H3. The van der Waals surface area contributed by atoms with E-state index in [1.807, 2.05) is 19.1 Å². The molecule has 0 unspecified atom stereocenters. The molecule has 0 atom stereocenters. The van der Waals surface area contributed by atoms with E-state index in [2.05, 4.69) is 17.0 Å². The van der Waals surface area contributed by atoms with Crippen LogP contribution in [-0.4, -0.2) is 39.4 Å². The van der Waals surface area contributed by atoms with Gasteiger partial charge in [0.15, 0.2) is 0 Å². The Morgan fingerprint density at radius 2 is 1.80 bits per heavy atom. The predicted octanol–water partition coefficient (Wildman–Crippen LogP) is 1.84. The zero-order valence-electron chi connectivity index (χ0n) is 12.5. The quantitative estimate of drug-likeness (QED) is 0.684. The Bertz CT molecular complexity index is 486. The Hall–Kier alpha value is -1.11. The zero-order valence-corrected chi connectivity index (χ0v) is 13.3. The number of benzene rings is 1. The Kier molecular flexibility index (Phi) is 6.98. The number of aryl methyl sites for hydroxylation is 1. The fourth-order valence-electron chi connectivity index (χ4n) is 1.76. The first kappa shape index (κ1) is 16.9. The molecule has 1 aromatic rings. The van der Waals surface area contributed by atoms with E-state index >= 15 is 0 Å². The maximum Gasteiger partial charge on any atom is 0.301 e. The lowest BCUT2D eigenvalue weighted by atomic mass is 10.2. The maximum absolute atomic E-state index is 12.1. The Morgan fingerprint density at radius 3 is 2.35 bits per heavy atom. The van der Waals surface area contributed by atoms with Gasteiger partial charge < -0.3 is 5.32 Å². The third kappa shape index (κ3) is 5.48. The number of anilines is 1. The van der Waals surface area contributed by atoms with Crippen molar-refractivity contribution in [1.29, 1.82) is 0 Å². The topological polar surface area (TPSA) is 61.4 Å². The molecule has 0 aromatic heterocycles. The lowest BCUT2D eigenvalue weighted by Crippen LogP contribution is -2.34. The SMILES string of the molecule is CCNCCCN(C)S(=O)(=O)Nc1ccc(CC)cc1. The molecule has 20 heavy (non-hydrogen) atoms. The molecule has 2 N–H and O–H groups in total. The highest BCUT2D eigenvalue weighted by Crippen LogP contribution is 2.13. The summed E-state index contributed by atoms with van der Waals surface area (Å²) in [5.74, 6) is 0. The molecule has 1 aromatic carbocycles. The number of nitrogens with one attached hydrogen (secondary N) is 2. The highest BCUT2D eigenvalue weighted by molar-refractivity contribution is 7.90. The van der Waals surface area contributed by atoms with Crippen LogP contribution in [0.25, 0.3) is 0 Å². The molecular formula is C14H25N3O2S. The van der Waals surface area contributed by atoms with E-state index in [0.717, 1.165) is 25.9 Å². The van der Waals surface area contributed by atoms with Gasteiger partial charge >= 0.3 is 10.2 Å². The van der Waals surface area contributed by atoms with Gasteiger partial charge in [0.05, 0.1) is 0 Å². The van der Waals surface area contributed by atoms with Crippen LogP contribution < -0.4 is 10.0 Å². The van der Waals surface area contributed by atoms with E-state index in [9.17, 15) is 8.42 Å². The molecule has 0 saturated carbocycles. The van der Waals surface area contributed by atoms with Crippen molar-refractivity contribution in [2.24, 2.45) is 0 Å². The monoisotopic (exact) mass is 299 g/mol. The van der Waals surface area contributed by atoms with Crippen molar-refractivity contribution in [3.8, 4) is 0 Å². The molecule has 0 amide bonds. The minimum Gasteiger partial charge on any atom is -0.317 e. The molecule has 1 rings (SSSR count). The predicted molar refractivity (Wildman–Crippen MR) is 84.2 cm³/mol. The van der Waals surface area contributed by atoms with Crippen LogP contribution in [0.3, 0.4) is 0 Å². The van der Waals surface area contributed by atoms with Gasteiger partial charge in [-0.2, -0.15) is 12.7 Å². The summed E-state index contributed by atoms with van der Waals surface area (Å²) in [5, 5.41) is 3.18. The molecule has 0 saturated heterocycles. The Balaban J connectivity index is 2.54. The average molecular weight is 299 g/mol. The van der Waals surface area contributed by atoms with Gasteiger partial charge in [0.1, 0.15) is 0 Å². The summed E-state index contributed by atoms with van der Waals surface area (Å²) in [7, 11) is -1.87. The fourth-order valence-corrected chi connectivity index (χ4v) is 2.72. The zero-order chi connectivity index (χ0) is 15.0. The molecule has 5 nitrogen and oxygen atoms in total. The van der Waals surface area contributed by atoms with Crippen molar-refractivity contribution in [3.05, 3.63) is 29.8 Å². The fraction of sp³-hybridized carbons (Fsp3) is 0.571. The summed E-state index contributed by atoms with van der Waals surface area (Å²) in [6.45, 7) is 6.31. The second kappa shape index (κ2) is 8.24. The summed E-state index contributed by atoms with van der Waals surface area (Å²) in [6.07, 6.45) is 1.73. The molecule has 0 aliphatic heterocycles. The molecule has 0 aliphatic carbocycles. The highest BCUT2D eigenvalue weighted by atomic mass is 32.2. The van der Waals surface area contributed by atoms with Crippen molar-refractivity contribution in [2.45, 2.75) is 26.7 Å². The van der Waals surface area contributed by atoms with Crippen LogP contribution in [0.4, 0.5) is 5.69 Å². The van der Waals surface area contributed by atoms with Gasteiger partial charge in [0.25, 0.3) is 0 Å². The van der Waals surface area contributed by atoms with Crippen LogP contribution in [0.5, 0.6) is 0 Å². The number of hydrogen-bond acceptors (Lipinski definition) is 3. The lowest BCUT2D eigenvalue weighted by molar-refractivity contribution is 0.459. The van der Waals surface area contributed by atoms with E-state index < -0.39 is 10.2 Å². The second-order valence-corrected chi connectivity index (χ2v) is 6.46. The average Bonchev–Trinajstić information content (AvgIpc) is 2.43. The van der Waals surface area contributed by atoms with Gasteiger partial charge in [-0.15, -0.1) is 0 Å². The van der Waals surface area contributed by atoms with Crippen molar-refractivity contribution in [2.75, 3.05) is 31.4 Å². The molecule has 114 valence electrons. The smallest absolute Gasteiger partial charge is 0.301 e. The van der Waals surface area contributed by atoms with Crippen molar-refractivity contribution >= 4 is 15.9 Å². The number of nitrogens with zero attached hydrogens (tertiary/aromatic N) is 1.